The van der Waals surface area contributed by atoms with Crippen LogP contribution in [0.25, 0.3) is 21.5 Å². The highest BCUT2D eigenvalue weighted by molar-refractivity contribution is 7.21. The van der Waals surface area contributed by atoms with Crippen LogP contribution in [0.1, 0.15) is 16.6 Å². The Bertz CT molecular complexity index is 891. The number of Topliss-reactive ketones (excluding diaryl/α,β-unsaturated/α-hetero) is 1. The zero-order chi connectivity index (χ0) is 15.9. The molecule has 0 saturated carbocycles. The van der Waals surface area contributed by atoms with E-state index in [0.717, 1.165) is 5.56 Å². The van der Waals surface area contributed by atoms with Crippen molar-refractivity contribution in [1.29, 1.82) is 0 Å². The van der Waals surface area contributed by atoms with E-state index < -0.39 is 0 Å². The van der Waals surface area contributed by atoms with Gasteiger partial charge >= 0.3 is 0 Å². The zero-order valence-electron chi connectivity index (χ0n) is 12.0. The summed E-state index contributed by atoms with van der Waals surface area (Å²) in [7, 11) is 1.74. The first kappa shape index (κ1) is 14.7. The van der Waals surface area contributed by atoms with Crippen LogP contribution in [0.4, 0.5) is 11.6 Å². The first-order chi connectivity index (χ1) is 10.5. The average molecular weight is 333 g/mol. The number of benzene rings is 1. The second-order valence-electron chi connectivity index (χ2n) is 4.74. The molecule has 7 heteroatoms. The summed E-state index contributed by atoms with van der Waals surface area (Å²) in [6.07, 6.45) is 0. The van der Waals surface area contributed by atoms with E-state index in [0.29, 0.717) is 37.4 Å². The van der Waals surface area contributed by atoms with Crippen LogP contribution in [0.2, 0.25) is 5.02 Å². The van der Waals surface area contributed by atoms with Gasteiger partial charge in [-0.1, -0.05) is 23.7 Å². The van der Waals surface area contributed by atoms with Crippen LogP contribution in [-0.4, -0.2) is 22.8 Å². The predicted molar refractivity (Wildman–Crippen MR) is 91.8 cm³/mol. The van der Waals surface area contributed by atoms with Gasteiger partial charge in [0, 0.05) is 24.6 Å². The molecule has 3 aromatic rings. The minimum atomic E-state index is -0.0800. The average Bonchev–Trinajstić information content (AvgIpc) is 2.83. The highest BCUT2D eigenvalue weighted by Crippen LogP contribution is 2.39. The number of hydrogen-bond donors (Lipinski definition) is 2. The number of hydrogen-bond acceptors (Lipinski definition) is 6. The summed E-state index contributed by atoms with van der Waals surface area (Å²) in [6, 6.07) is 7.35. The molecular weight excluding hydrogens is 320 g/mol. The third-order valence-corrected chi connectivity index (χ3v) is 4.67. The SMILES string of the molecule is CNc1nc(-c2cccc(Cl)c2)c2c(N)c(C(C)=O)sc2n1. The molecule has 0 atom stereocenters. The maximum absolute atomic E-state index is 11.7. The first-order valence-corrected chi connectivity index (χ1v) is 7.75. The topological polar surface area (TPSA) is 80.9 Å². The molecule has 0 bridgehead atoms. The molecule has 3 N–H and O–H groups in total. The molecular formula is C15H13ClN4OS. The Morgan fingerprint density at radius 3 is 2.77 bits per heavy atom. The quantitative estimate of drug-likeness (QED) is 0.712. The van der Waals surface area contributed by atoms with E-state index in [1.807, 2.05) is 18.2 Å². The zero-order valence-corrected chi connectivity index (χ0v) is 13.5. The van der Waals surface area contributed by atoms with Crippen LogP contribution in [-0.2, 0) is 0 Å². The number of anilines is 2. The van der Waals surface area contributed by atoms with E-state index in [-0.39, 0.29) is 5.78 Å². The Balaban J connectivity index is 2.39. The molecule has 22 heavy (non-hydrogen) atoms. The van der Waals surface area contributed by atoms with Gasteiger partial charge in [-0.3, -0.25) is 4.79 Å². The van der Waals surface area contributed by atoms with Gasteiger partial charge in [-0.25, -0.2) is 9.97 Å². The fourth-order valence-corrected chi connectivity index (χ4v) is 3.42. The molecule has 0 saturated heterocycles. The van der Waals surface area contributed by atoms with Gasteiger partial charge in [-0.2, -0.15) is 0 Å². The number of nitrogens with zero attached hydrogens (tertiary/aromatic N) is 2. The van der Waals surface area contributed by atoms with Gasteiger partial charge in [-0.05, 0) is 12.1 Å². The summed E-state index contributed by atoms with van der Waals surface area (Å²) in [5.41, 5.74) is 8.08. The third kappa shape index (κ3) is 2.40. The van der Waals surface area contributed by atoms with Crippen LogP contribution in [0.15, 0.2) is 24.3 Å². The summed E-state index contributed by atoms with van der Waals surface area (Å²) in [4.78, 5) is 21.8. The van der Waals surface area contributed by atoms with Crippen molar-refractivity contribution in [3.63, 3.8) is 0 Å². The fourth-order valence-electron chi connectivity index (χ4n) is 2.24. The van der Waals surface area contributed by atoms with Crippen LogP contribution in [0.3, 0.4) is 0 Å². The third-order valence-electron chi connectivity index (χ3n) is 3.23. The summed E-state index contributed by atoms with van der Waals surface area (Å²) in [5, 5.41) is 4.23. The number of ketones is 1. The van der Waals surface area contributed by atoms with Crippen molar-refractivity contribution in [2.24, 2.45) is 0 Å². The lowest BCUT2D eigenvalue weighted by Crippen LogP contribution is -1.99. The number of halogens is 1. The molecule has 0 fully saturated rings. The lowest BCUT2D eigenvalue weighted by molar-refractivity contribution is 0.102. The molecule has 2 heterocycles. The van der Waals surface area contributed by atoms with E-state index >= 15 is 0 Å². The van der Waals surface area contributed by atoms with Crippen molar-refractivity contribution in [1.82, 2.24) is 9.97 Å². The van der Waals surface area contributed by atoms with E-state index in [1.165, 1.54) is 18.3 Å². The molecule has 0 aliphatic carbocycles. The van der Waals surface area contributed by atoms with E-state index in [4.69, 9.17) is 17.3 Å². The summed E-state index contributed by atoms with van der Waals surface area (Å²) in [6.45, 7) is 1.49. The predicted octanol–water partition coefficient (Wildman–Crippen LogP) is 3.84. The lowest BCUT2D eigenvalue weighted by atomic mass is 10.1. The Morgan fingerprint density at radius 2 is 2.14 bits per heavy atom. The second kappa shape index (κ2) is 5.55. The molecule has 0 aliphatic heterocycles. The molecule has 0 radical (unpaired) electrons. The number of nitrogens with two attached hydrogens (primary N) is 1. The van der Waals surface area contributed by atoms with Crippen molar-refractivity contribution in [3.8, 4) is 11.3 Å². The Labute approximate surface area is 136 Å². The molecule has 0 unspecified atom stereocenters. The van der Waals surface area contributed by atoms with Crippen molar-refractivity contribution in [2.45, 2.75) is 6.92 Å². The van der Waals surface area contributed by atoms with Crippen molar-refractivity contribution in [3.05, 3.63) is 34.2 Å². The Kier molecular flexibility index (Phi) is 3.72. The molecule has 5 nitrogen and oxygen atoms in total. The first-order valence-electron chi connectivity index (χ1n) is 6.56. The monoisotopic (exact) mass is 332 g/mol. The van der Waals surface area contributed by atoms with Gasteiger partial charge in [0.05, 0.1) is 21.6 Å². The van der Waals surface area contributed by atoms with Gasteiger partial charge < -0.3 is 11.1 Å². The number of fused-ring (bicyclic) bond motifs is 1. The number of aromatic nitrogens is 2. The minimum absolute atomic E-state index is 0.0800. The van der Waals surface area contributed by atoms with Crippen LogP contribution in [0.5, 0.6) is 0 Å². The minimum Gasteiger partial charge on any atom is -0.397 e. The molecule has 1 aromatic carbocycles. The number of thiophene rings is 1. The molecule has 0 aliphatic rings. The highest BCUT2D eigenvalue weighted by atomic mass is 35.5. The number of carbonyl (C=O) groups excluding carboxylic acids is 1. The van der Waals surface area contributed by atoms with E-state index in [1.54, 1.807) is 13.1 Å². The maximum atomic E-state index is 11.7. The number of rotatable bonds is 3. The number of carbonyl (C=O) groups is 1. The molecule has 2 aromatic heterocycles. The molecule has 112 valence electrons. The van der Waals surface area contributed by atoms with Gasteiger partial charge in [0.1, 0.15) is 4.83 Å². The molecule has 0 spiro atoms. The molecule has 3 rings (SSSR count). The molecule has 0 amide bonds. The summed E-state index contributed by atoms with van der Waals surface area (Å²) in [5.74, 6) is 0.391. The van der Waals surface area contributed by atoms with Crippen LogP contribution in [0, 0.1) is 0 Å². The maximum Gasteiger partial charge on any atom is 0.224 e. The van der Waals surface area contributed by atoms with Gasteiger partial charge in [-0.15, -0.1) is 11.3 Å². The van der Waals surface area contributed by atoms with Crippen LogP contribution >= 0.6 is 22.9 Å². The Morgan fingerprint density at radius 1 is 1.36 bits per heavy atom. The smallest absolute Gasteiger partial charge is 0.224 e. The fraction of sp³-hybridized carbons (Fsp3) is 0.133. The lowest BCUT2D eigenvalue weighted by Gasteiger charge is -2.07. The number of nitrogen functional groups attached to an aromatic ring is 1. The van der Waals surface area contributed by atoms with Crippen molar-refractivity contribution < 1.29 is 4.79 Å². The van der Waals surface area contributed by atoms with Crippen molar-refractivity contribution >= 4 is 50.6 Å². The van der Waals surface area contributed by atoms with E-state index in [9.17, 15) is 4.79 Å². The number of nitrogens with one attached hydrogen (secondary N) is 1. The largest absolute Gasteiger partial charge is 0.397 e. The van der Waals surface area contributed by atoms with E-state index in [2.05, 4.69) is 15.3 Å². The van der Waals surface area contributed by atoms with Gasteiger partial charge in [0.15, 0.2) is 5.78 Å². The van der Waals surface area contributed by atoms with Gasteiger partial charge in [0.2, 0.25) is 5.95 Å². The highest BCUT2D eigenvalue weighted by Gasteiger charge is 2.20. The van der Waals surface area contributed by atoms with Gasteiger partial charge in [0.25, 0.3) is 0 Å². The second-order valence-corrected chi connectivity index (χ2v) is 6.17. The van der Waals surface area contributed by atoms with Crippen LogP contribution < -0.4 is 11.1 Å². The standard InChI is InChI=1S/C15H13ClN4OS/c1-7(21)13-11(17)10-12(8-4-3-5-9(16)6-8)19-15(18-2)20-14(10)22-13/h3-6H,17H2,1-2H3,(H,18,19,20). The Hall–Kier alpha value is -2.18. The summed E-state index contributed by atoms with van der Waals surface area (Å²) >= 11 is 7.35. The summed E-state index contributed by atoms with van der Waals surface area (Å²) < 4.78 is 0. The van der Waals surface area contributed by atoms with Crippen molar-refractivity contribution in [2.75, 3.05) is 18.1 Å². The normalized spacial score (nSPS) is 10.9.